The summed E-state index contributed by atoms with van der Waals surface area (Å²) in [7, 11) is 1.80. The number of aryl methyl sites for hydroxylation is 4. The second kappa shape index (κ2) is 8.98. The van der Waals surface area contributed by atoms with Gasteiger partial charge in [-0.05, 0) is 38.5 Å². The number of piperazine rings is 1. The molecule has 3 aromatic rings. The van der Waals surface area contributed by atoms with Gasteiger partial charge in [-0.2, -0.15) is 0 Å². The molecule has 0 bridgehead atoms. The molecule has 1 fully saturated rings. The standard InChI is InChI=1S/C24H30N6O/c1-5-22-21(20-12-17(2)24(31)28(4)16-20)6-7-23(27-22)30-10-8-29(9-11-30)15-19-13-25-18(3)26-14-19/h6-7,12-14,16H,5,8-11,15H2,1-4H3. The third-order valence-electron chi connectivity index (χ3n) is 5.90. The minimum Gasteiger partial charge on any atom is -0.354 e. The van der Waals surface area contributed by atoms with Gasteiger partial charge in [0.15, 0.2) is 0 Å². The van der Waals surface area contributed by atoms with E-state index in [1.807, 2.05) is 38.5 Å². The van der Waals surface area contributed by atoms with Crippen LogP contribution >= 0.6 is 0 Å². The highest BCUT2D eigenvalue weighted by molar-refractivity contribution is 5.67. The maximum atomic E-state index is 12.1. The Morgan fingerprint density at radius 3 is 2.39 bits per heavy atom. The summed E-state index contributed by atoms with van der Waals surface area (Å²) in [5, 5.41) is 0. The number of nitrogens with zero attached hydrogens (tertiary/aromatic N) is 6. The van der Waals surface area contributed by atoms with Gasteiger partial charge >= 0.3 is 0 Å². The Bertz CT molecular complexity index is 1090. The molecular formula is C24H30N6O. The average Bonchev–Trinajstić information content (AvgIpc) is 2.79. The number of anilines is 1. The predicted octanol–water partition coefficient (Wildman–Crippen LogP) is 2.74. The van der Waals surface area contributed by atoms with Gasteiger partial charge in [-0.1, -0.05) is 6.92 Å². The van der Waals surface area contributed by atoms with Crippen molar-refractivity contribution in [1.82, 2.24) is 24.4 Å². The molecule has 0 aliphatic carbocycles. The monoisotopic (exact) mass is 418 g/mol. The smallest absolute Gasteiger partial charge is 0.253 e. The van der Waals surface area contributed by atoms with Crippen molar-refractivity contribution in [2.24, 2.45) is 7.05 Å². The van der Waals surface area contributed by atoms with Crippen molar-refractivity contribution in [1.29, 1.82) is 0 Å². The summed E-state index contributed by atoms with van der Waals surface area (Å²) in [6.07, 6.45) is 6.59. The van der Waals surface area contributed by atoms with Crippen LogP contribution in [0.25, 0.3) is 11.1 Å². The van der Waals surface area contributed by atoms with Crippen LogP contribution in [0.2, 0.25) is 0 Å². The average molecular weight is 419 g/mol. The third kappa shape index (κ3) is 4.66. The third-order valence-corrected chi connectivity index (χ3v) is 5.90. The van der Waals surface area contributed by atoms with Gasteiger partial charge in [0.05, 0.1) is 5.69 Å². The van der Waals surface area contributed by atoms with Crippen LogP contribution in [0.15, 0.2) is 41.6 Å². The molecule has 7 heteroatoms. The van der Waals surface area contributed by atoms with Crippen LogP contribution in [0, 0.1) is 13.8 Å². The van der Waals surface area contributed by atoms with Crippen molar-refractivity contribution in [3.63, 3.8) is 0 Å². The zero-order chi connectivity index (χ0) is 22.0. The second-order valence-corrected chi connectivity index (χ2v) is 8.25. The molecule has 0 amide bonds. The molecule has 0 aromatic carbocycles. The van der Waals surface area contributed by atoms with Crippen molar-refractivity contribution in [3.05, 3.63) is 69.8 Å². The molecule has 162 valence electrons. The van der Waals surface area contributed by atoms with Gasteiger partial charge in [-0.3, -0.25) is 9.69 Å². The first kappa shape index (κ1) is 21.2. The van der Waals surface area contributed by atoms with E-state index in [2.05, 4.69) is 38.8 Å². The first-order valence-electron chi connectivity index (χ1n) is 10.9. The van der Waals surface area contributed by atoms with Crippen molar-refractivity contribution < 1.29 is 0 Å². The molecule has 0 saturated carbocycles. The minimum absolute atomic E-state index is 0.0430. The Morgan fingerprint density at radius 2 is 1.74 bits per heavy atom. The van der Waals surface area contributed by atoms with E-state index >= 15 is 0 Å². The Labute approximate surface area is 183 Å². The summed E-state index contributed by atoms with van der Waals surface area (Å²) in [4.78, 5) is 30.4. The number of rotatable bonds is 5. The summed E-state index contributed by atoms with van der Waals surface area (Å²) >= 11 is 0. The van der Waals surface area contributed by atoms with Crippen molar-refractivity contribution in [2.75, 3.05) is 31.1 Å². The molecule has 0 radical (unpaired) electrons. The minimum atomic E-state index is 0.0430. The highest BCUT2D eigenvalue weighted by Gasteiger charge is 2.19. The zero-order valence-electron chi connectivity index (χ0n) is 18.8. The number of hydrogen-bond donors (Lipinski definition) is 0. The maximum Gasteiger partial charge on any atom is 0.253 e. The summed E-state index contributed by atoms with van der Waals surface area (Å²) in [5.41, 5.74) is 5.16. The van der Waals surface area contributed by atoms with E-state index in [0.29, 0.717) is 0 Å². The van der Waals surface area contributed by atoms with Crippen LogP contribution in [-0.2, 0) is 20.0 Å². The highest BCUT2D eigenvalue weighted by Crippen LogP contribution is 2.26. The van der Waals surface area contributed by atoms with E-state index < -0.39 is 0 Å². The molecule has 4 rings (SSSR count). The first-order chi connectivity index (χ1) is 14.9. The molecule has 0 atom stereocenters. The molecule has 7 nitrogen and oxygen atoms in total. The summed E-state index contributed by atoms with van der Waals surface area (Å²) in [5.74, 6) is 1.84. The first-order valence-corrected chi connectivity index (χ1v) is 10.9. The molecular weight excluding hydrogens is 388 g/mol. The molecule has 1 saturated heterocycles. The number of aromatic nitrogens is 4. The van der Waals surface area contributed by atoms with Crippen molar-refractivity contribution in [3.8, 4) is 11.1 Å². The predicted molar refractivity (Wildman–Crippen MR) is 123 cm³/mol. The molecule has 4 heterocycles. The lowest BCUT2D eigenvalue weighted by molar-refractivity contribution is 0.248. The van der Waals surface area contributed by atoms with Gasteiger partial charge in [0, 0.05) is 80.6 Å². The van der Waals surface area contributed by atoms with Crippen LogP contribution in [0.3, 0.4) is 0 Å². The van der Waals surface area contributed by atoms with Crippen LogP contribution in [0.4, 0.5) is 5.82 Å². The van der Waals surface area contributed by atoms with Gasteiger partial charge in [0.1, 0.15) is 11.6 Å². The van der Waals surface area contributed by atoms with Gasteiger partial charge in [0.2, 0.25) is 0 Å². The van der Waals surface area contributed by atoms with Gasteiger partial charge in [-0.25, -0.2) is 15.0 Å². The van der Waals surface area contributed by atoms with E-state index in [4.69, 9.17) is 4.98 Å². The quantitative estimate of drug-likeness (QED) is 0.635. The lowest BCUT2D eigenvalue weighted by Crippen LogP contribution is -2.46. The molecule has 31 heavy (non-hydrogen) atoms. The lowest BCUT2D eigenvalue weighted by atomic mass is 10.0. The summed E-state index contributed by atoms with van der Waals surface area (Å²) in [6, 6.07) is 6.22. The highest BCUT2D eigenvalue weighted by atomic mass is 16.1. The normalized spacial score (nSPS) is 14.8. The number of pyridine rings is 2. The fraction of sp³-hybridized carbons (Fsp3) is 0.417. The van der Waals surface area contributed by atoms with Crippen molar-refractivity contribution in [2.45, 2.75) is 33.7 Å². The van der Waals surface area contributed by atoms with E-state index in [-0.39, 0.29) is 5.56 Å². The largest absolute Gasteiger partial charge is 0.354 e. The Hall–Kier alpha value is -3.06. The summed E-state index contributed by atoms with van der Waals surface area (Å²) in [6.45, 7) is 10.6. The molecule has 1 aliphatic heterocycles. The van der Waals surface area contributed by atoms with E-state index in [1.165, 1.54) is 0 Å². The topological polar surface area (TPSA) is 67.2 Å². The van der Waals surface area contributed by atoms with E-state index in [9.17, 15) is 4.79 Å². The van der Waals surface area contributed by atoms with Crippen molar-refractivity contribution >= 4 is 5.82 Å². The Morgan fingerprint density at radius 1 is 1.03 bits per heavy atom. The molecule has 0 unspecified atom stereocenters. The van der Waals surface area contributed by atoms with E-state index in [0.717, 1.165) is 78.7 Å². The molecule has 3 aromatic heterocycles. The van der Waals surface area contributed by atoms with Crippen LogP contribution < -0.4 is 10.5 Å². The van der Waals surface area contributed by atoms with Crippen LogP contribution in [-0.4, -0.2) is 50.6 Å². The number of hydrogen-bond acceptors (Lipinski definition) is 6. The van der Waals surface area contributed by atoms with Gasteiger partial charge < -0.3 is 9.47 Å². The Kier molecular flexibility index (Phi) is 6.13. The SMILES string of the molecule is CCc1nc(N2CCN(Cc3cnc(C)nc3)CC2)ccc1-c1cc(C)c(=O)n(C)c1. The summed E-state index contributed by atoms with van der Waals surface area (Å²) < 4.78 is 1.65. The Balaban J connectivity index is 1.47. The fourth-order valence-electron chi connectivity index (χ4n) is 4.12. The van der Waals surface area contributed by atoms with Crippen LogP contribution in [0.5, 0.6) is 0 Å². The maximum absolute atomic E-state index is 12.1. The fourth-order valence-corrected chi connectivity index (χ4v) is 4.12. The molecule has 0 N–H and O–H groups in total. The van der Waals surface area contributed by atoms with Gasteiger partial charge in [0.25, 0.3) is 5.56 Å². The zero-order valence-corrected chi connectivity index (χ0v) is 18.8. The van der Waals surface area contributed by atoms with Crippen LogP contribution in [0.1, 0.15) is 29.6 Å². The van der Waals surface area contributed by atoms with Gasteiger partial charge in [-0.15, -0.1) is 0 Å². The second-order valence-electron chi connectivity index (χ2n) is 8.25. The lowest BCUT2D eigenvalue weighted by Gasteiger charge is -2.35. The molecule has 0 spiro atoms. The van der Waals surface area contributed by atoms with E-state index in [1.54, 1.807) is 11.6 Å². The molecule has 1 aliphatic rings.